The molecular formula is C10H14N6. The molecule has 0 aromatic carbocycles. The van der Waals surface area contributed by atoms with E-state index >= 15 is 0 Å². The first-order chi connectivity index (χ1) is 7.81. The summed E-state index contributed by atoms with van der Waals surface area (Å²) in [5, 5.41) is 4.10. The van der Waals surface area contributed by atoms with Crippen molar-refractivity contribution < 1.29 is 0 Å². The third kappa shape index (κ3) is 2.22. The predicted molar refractivity (Wildman–Crippen MR) is 58.4 cm³/mol. The summed E-state index contributed by atoms with van der Waals surface area (Å²) in [6.07, 6.45) is 5.36. The lowest BCUT2D eigenvalue weighted by molar-refractivity contribution is 0.575. The van der Waals surface area contributed by atoms with Gasteiger partial charge in [-0.15, -0.1) is 0 Å². The zero-order chi connectivity index (χ0) is 11.4. The maximum Gasteiger partial charge on any atom is 0.138 e. The van der Waals surface area contributed by atoms with Gasteiger partial charge in [0.2, 0.25) is 0 Å². The lowest BCUT2D eigenvalue weighted by Gasteiger charge is -2.10. The first-order valence-corrected chi connectivity index (χ1v) is 5.19. The molecule has 6 nitrogen and oxygen atoms in total. The zero-order valence-electron chi connectivity index (χ0n) is 9.11. The summed E-state index contributed by atoms with van der Waals surface area (Å²) in [6, 6.07) is 1.65. The maximum absolute atomic E-state index is 6.04. The average molecular weight is 218 g/mol. The molecule has 0 saturated carbocycles. The Morgan fingerprint density at radius 2 is 2.25 bits per heavy atom. The lowest BCUT2D eigenvalue weighted by atomic mass is 10.1. The van der Waals surface area contributed by atoms with Gasteiger partial charge in [-0.1, -0.05) is 0 Å². The van der Waals surface area contributed by atoms with Crippen LogP contribution in [0.5, 0.6) is 0 Å². The number of hydrogen-bond donors (Lipinski definition) is 1. The topological polar surface area (TPSA) is 82.5 Å². The molecular weight excluding hydrogens is 204 g/mol. The average Bonchev–Trinajstić information content (AvgIpc) is 2.77. The Bertz CT molecular complexity index is 438. The Kier molecular flexibility index (Phi) is 3.21. The van der Waals surface area contributed by atoms with Gasteiger partial charge >= 0.3 is 0 Å². The van der Waals surface area contributed by atoms with E-state index in [9.17, 15) is 0 Å². The molecule has 2 aromatic rings. The second kappa shape index (κ2) is 4.80. The van der Waals surface area contributed by atoms with Crippen molar-refractivity contribution in [2.45, 2.75) is 25.9 Å². The van der Waals surface area contributed by atoms with Crippen LogP contribution in [0.25, 0.3) is 0 Å². The van der Waals surface area contributed by atoms with Crippen LogP contribution in [0.2, 0.25) is 0 Å². The van der Waals surface area contributed by atoms with Gasteiger partial charge in [-0.2, -0.15) is 5.10 Å². The molecule has 0 bridgehead atoms. The summed E-state index contributed by atoms with van der Waals surface area (Å²) in [5.74, 6) is 0.883. The highest BCUT2D eigenvalue weighted by atomic mass is 15.3. The minimum atomic E-state index is -0.169. The van der Waals surface area contributed by atoms with E-state index in [4.69, 9.17) is 5.73 Å². The van der Waals surface area contributed by atoms with Crippen molar-refractivity contribution in [2.24, 2.45) is 5.73 Å². The quantitative estimate of drug-likeness (QED) is 0.799. The van der Waals surface area contributed by atoms with E-state index < -0.39 is 0 Å². The fourth-order valence-corrected chi connectivity index (χ4v) is 1.53. The first kappa shape index (κ1) is 10.7. The van der Waals surface area contributed by atoms with E-state index in [2.05, 4.69) is 20.1 Å². The van der Waals surface area contributed by atoms with Crippen LogP contribution in [0.15, 0.2) is 24.9 Å². The van der Waals surface area contributed by atoms with Crippen LogP contribution >= 0.6 is 0 Å². The van der Waals surface area contributed by atoms with E-state index in [0.717, 1.165) is 18.1 Å². The Morgan fingerprint density at radius 1 is 1.38 bits per heavy atom. The molecule has 0 saturated heterocycles. The molecule has 0 aliphatic carbocycles. The minimum absolute atomic E-state index is 0.169. The smallest absolute Gasteiger partial charge is 0.138 e. The second-order valence-corrected chi connectivity index (χ2v) is 3.44. The molecule has 1 unspecified atom stereocenters. The van der Waals surface area contributed by atoms with Gasteiger partial charge in [0.25, 0.3) is 0 Å². The molecule has 2 aromatic heterocycles. The molecule has 0 spiro atoms. The molecule has 6 heteroatoms. The van der Waals surface area contributed by atoms with Gasteiger partial charge < -0.3 is 5.73 Å². The molecule has 0 fully saturated rings. The van der Waals surface area contributed by atoms with Gasteiger partial charge in [0.15, 0.2) is 0 Å². The third-order valence-corrected chi connectivity index (χ3v) is 2.38. The summed E-state index contributed by atoms with van der Waals surface area (Å²) in [4.78, 5) is 12.2. The van der Waals surface area contributed by atoms with Crippen molar-refractivity contribution in [3.05, 3.63) is 36.4 Å². The van der Waals surface area contributed by atoms with Gasteiger partial charge in [-0.25, -0.2) is 15.0 Å². The van der Waals surface area contributed by atoms with Crippen LogP contribution in [0.3, 0.4) is 0 Å². The van der Waals surface area contributed by atoms with Crippen LogP contribution in [0, 0.1) is 0 Å². The van der Waals surface area contributed by atoms with Crippen molar-refractivity contribution >= 4 is 0 Å². The molecule has 2 heterocycles. The molecule has 1 atom stereocenters. The molecule has 2 rings (SSSR count). The van der Waals surface area contributed by atoms with Gasteiger partial charge in [-0.3, -0.25) is 4.68 Å². The monoisotopic (exact) mass is 218 g/mol. The Morgan fingerprint density at radius 3 is 2.94 bits per heavy atom. The van der Waals surface area contributed by atoms with Crippen molar-refractivity contribution in [3.63, 3.8) is 0 Å². The number of aryl methyl sites for hydroxylation is 1. The van der Waals surface area contributed by atoms with Crippen LogP contribution in [-0.2, 0) is 13.0 Å². The molecule has 16 heavy (non-hydrogen) atoms. The van der Waals surface area contributed by atoms with Crippen molar-refractivity contribution in [1.82, 2.24) is 24.7 Å². The van der Waals surface area contributed by atoms with E-state index in [1.54, 1.807) is 12.5 Å². The summed E-state index contributed by atoms with van der Waals surface area (Å²) in [6.45, 7) is 2.82. The number of hydrogen-bond acceptors (Lipinski definition) is 5. The standard InChI is InChI=1S/C10H14N6/c1-2-16-10(14-7-15-16)5-8(11)9-3-4-12-6-13-9/h3-4,6-8H,2,5,11H2,1H3. The summed E-state index contributed by atoms with van der Waals surface area (Å²) in [7, 11) is 0. The highest BCUT2D eigenvalue weighted by Crippen LogP contribution is 2.11. The Hall–Kier alpha value is -1.82. The molecule has 0 amide bonds. The van der Waals surface area contributed by atoms with E-state index in [1.165, 1.54) is 6.33 Å². The van der Waals surface area contributed by atoms with Gasteiger partial charge in [-0.05, 0) is 13.0 Å². The highest BCUT2D eigenvalue weighted by Gasteiger charge is 2.12. The SMILES string of the molecule is CCn1ncnc1CC(N)c1ccncn1. The highest BCUT2D eigenvalue weighted by molar-refractivity contribution is 5.06. The summed E-state index contributed by atoms with van der Waals surface area (Å²) in [5.41, 5.74) is 6.86. The van der Waals surface area contributed by atoms with Crippen LogP contribution in [-0.4, -0.2) is 24.7 Å². The van der Waals surface area contributed by atoms with Crippen molar-refractivity contribution in [1.29, 1.82) is 0 Å². The molecule has 0 aliphatic heterocycles. The Balaban J connectivity index is 2.11. The van der Waals surface area contributed by atoms with Crippen molar-refractivity contribution in [3.8, 4) is 0 Å². The third-order valence-electron chi connectivity index (χ3n) is 2.38. The summed E-state index contributed by atoms with van der Waals surface area (Å²) < 4.78 is 1.83. The molecule has 0 radical (unpaired) electrons. The van der Waals surface area contributed by atoms with Gasteiger partial charge in [0.1, 0.15) is 18.5 Å². The molecule has 0 aliphatic rings. The number of aromatic nitrogens is 5. The van der Waals surface area contributed by atoms with Crippen LogP contribution in [0.1, 0.15) is 24.5 Å². The summed E-state index contributed by atoms with van der Waals surface area (Å²) >= 11 is 0. The van der Waals surface area contributed by atoms with Crippen molar-refractivity contribution in [2.75, 3.05) is 0 Å². The molecule has 2 N–H and O–H groups in total. The minimum Gasteiger partial charge on any atom is -0.322 e. The van der Waals surface area contributed by atoms with Crippen LogP contribution < -0.4 is 5.73 Å². The van der Waals surface area contributed by atoms with E-state index in [1.807, 2.05) is 17.7 Å². The predicted octanol–water partition coefficient (Wildman–Crippen LogP) is 0.330. The van der Waals surface area contributed by atoms with E-state index in [0.29, 0.717) is 6.42 Å². The normalized spacial score (nSPS) is 12.6. The fraction of sp³-hybridized carbons (Fsp3) is 0.400. The number of nitrogens with zero attached hydrogens (tertiary/aromatic N) is 5. The fourth-order valence-electron chi connectivity index (χ4n) is 1.53. The second-order valence-electron chi connectivity index (χ2n) is 3.44. The molecule has 84 valence electrons. The van der Waals surface area contributed by atoms with Gasteiger partial charge in [0, 0.05) is 19.2 Å². The van der Waals surface area contributed by atoms with Gasteiger partial charge in [0.05, 0.1) is 11.7 Å². The zero-order valence-corrected chi connectivity index (χ0v) is 9.11. The van der Waals surface area contributed by atoms with Crippen LogP contribution in [0.4, 0.5) is 0 Å². The number of rotatable bonds is 4. The first-order valence-electron chi connectivity index (χ1n) is 5.19. The number of nitrogens with two attached hydrogens (primary N) is 1. The van der Waals surface area contributed by atoms with E-state index in [-0.39, 0.29) is 6.04 Å². The Labute approximate surface area is 93.6 Å². The lowest BCUT2D eigenvalue weighted by Crippen LogP contribution is -2.18. The maximum atomic E-state index is 6.04. The largest absolute Gasteiger partial charge is 0.322 e.